The molecule has 0 amide bonds. The number of nitrogens with zero attached hydrogens (tertiary/aromatic N) is 5. The molecule has 0 radical (unpaired) electrons. The molecule has 1 aliphatic heterocycles. The Morgan fingerprint density at radius 2 is 1.94 bits per heavy atom. The molecule has 1 N–H and O–H groups in total. The van der Waals surface area contributed by atoms with Gasteiger partial charge in [0.1, 0.15) is 10.7 Å². The van der Waals surface area contributed by atoms with E-state index in [-0.39, 0.29) is 5.56 Å². The van der Waals surface area contributed by atoms with E-state index in [9.17, 15) is 4.79 Å². The van der Waals surface area contributed by atoms with Crippen LogP contribution in [-0.2, 0) is 10.5 Å². The molecule has 0 aliphatic carbocycles. The maximum atomic E-state index is 12.6. The molecule has 0 bridgehead atoms. The number of anilines is 1. The lowest BCUT2D eigenvalue weighted by molar-refractivity contribution is 0.122. The van der Waals surface area contributed by atoms with Crippen LogP contribution in [0.25, 0.3) is 15.9 Å². The summed E-state index contributed by atoms with van der Waals surface area (Å²) < 4.78 is 7.55. The molecule has 0 unspecified atom stereocenters. The van der Waals surface area contributed by atoms with Gasteiger partial charge in [-0.2, -0.15) is 0 Å². The summed E-state index contributed by atoms with van der Waals surface area (Å²) in [4.78, 5) is 24.3. The van der Waals surface area contributed by atoms with Crippen molar-refractivity contribution in [2.24, 2.45) is 0 Å². The van der Waals surface area contributed by atoms with Crippen LogP contribution in [-0.4, -0.2) is 51.0 Å². The van der Waals surface area contributed by atoms with Gasteiger partial charge in [0.2, 0.25) is 5.95 Å². The van der Waals surface area contributed by atoms with Gasteiger partial charge >= 0.3 is 0 Å². The molecular weight excluding hydrogens is 432 g/mol. The third kappa shape index (κ3) is 3.86. The van der Waals surface area contributed by atoms with E-state index in [4.69, 9.17) is 4.74 Å². The smallest absolute Gasteiger partial charge is 0.259 e. The predicted molar refractivity (Wildman–Crippen MR) is 124 cm³/mol. The zero-order chi connectivity index (χ0) is 21.4. The van der Waals surface area contributed by atoms with Gasteiger partial charge in [0.25, 0.3) is 5.56 Å². The van der Waals surface area contributed by atoms with Gasteiger partial charge in [0.05, 0.1) is 30.0 Å². The van der Waals surface area contributed by atoms with E-state index in [1.807, 2.05) is 44.2 Å². The van der Waals surface area contributed by atoms with Gasteiger partial charge < -0.3 is 14.6 Å². The van der Waals surface area contributed by atoms with Crippen molar-refractivity contribution < 1.29 is 4.74 Å². The van der Waals surface area contributed by atoms with Crippen molar-refractivity contribution in [3.05, 3.63) is 57.0 Å². The molecule has 4 heterocycles. The minimum atomic E-state index is -0.0824. The number of H-pyrrole nitrogens is 1. The average molecular weight is 455 g/mol. The van der Waals surface area contributed by atoms with Gasteiger partial charge in [0.15, 0.2) is 5.16 Å². The number of thioether (sulfide) groups is 1. The molecule has 160 valence electrons. The van der Waals surface area contributed by atoms with Crippen molar-refractivity contribution >= 4 is 39.3 Å². The standard InChI is InChI=1S/C21H22N6O2S2/c1-13-14(2)31-19-17(13)18(28)22-16(23-19)12-30-21-25-24-20(26-8-10-29-11-9-26)27(21)15-6-4-3-5-7-15/h3-7H,8-12H2,1-2H3,(H,22,23,28). The second kappa shape index (κ2) is 8.45. The summed E-state index contributed by atoms with van der Waals surface area (Å²) in [5, 5.41) is 10.4. The van der Waals surface area contributed by atoms with Gasteiger partial charge in [0, 0.05) is 18.0 Å². The van der Waals surface area contributed by atoms with Gasteiger partial charge in [-0.15, -0.1) is 21.5 Å². The number of aryl methyl sites for hydroxylation is 2. The SMILES string of the molecule is Cc1sc2nc(CSc3nnc(N4CCOCC4)n3-c3ccccc3)[nH]c(=O)c2c1C. The number of hydrogen-bond acceptors (Lipinski definition) is 8. The predicted octanol–water partition coefficient (Wildman–Crippen LogP) is 3.31. The molecule has 1 aliphatic rings. The quantitative estimate of drug-likeness (QED) is 0.463. The molecule has 10 heteroatoms. The van der Waals surface area contributed by atoms with Crippen LogP contribution >= 0.6 is 23.1 Å². The first-order chi connectivity index (χ1) is 15.1. The second-order valence-corrected chi connectivity index (χ2v) is 9.46. The summed E-state index contributed by atoms with van der Waals surface area (Å²) in [6.07, 6.45) is 0. The van der Waals surface area contributed by atoms with Crippen molar-refractivity contribution in [3.8, 4) is 5.69 Å². The molecule has 0 saturated carbocycles. The Morgan fingerprint density at radius 1 is 1.16 bits per heavy atom. The molecule has 1 saturated heterocycles. The average Bonchev–Trinajstić information content (AvgIpc) is 3.34. The van der Waals surface area contributed by atoms with Gasteiger partial charge in [-0.05, 0) is 31.5 Å². The normalized spacial score (nSPS) is 14.5. The number of hydrogen-bond donors (Lipinski definition) is 1. The minimum Gasteiger partial charge on any atom is -0.378 e. The summed E-state index contributed by atoms with van der Waals surface area (Å²) >= 11 is 3.07. The molecule has 8 nitrogen and oxygen atoms in total. The lowest BCUT2D eigenvalue weighted by Gasteiger charge is -2.27. The Kier molecular flexibility index (Phi) is 5.51. The highest BCUT2D eigenvalue weighted by Crippen LogP contribution is 2.30. The van der Waals surface area contributed by atoms with E-state index in [1.54, 1.807) is 11.3 Å². The fourth-order valence-electron chi connectivity index (χ4n) is 3.63. The van der Waals surface area contributed by atoms with E-state index in [0.717, 1.165) is 45.2 Å². The maximum Gasteiger partial charge on any atom is 0.259 e. The van der Waals surface area contributed by atoms with Crippen molar-refractivity contribution in [2.45, 2.75) is 24.8 Å². The third-order valence-corrected chi connectivity index (χ3v) is 7.39. The van der Waals surface area contributed by atoms with E-state index in [0.29, 0.717) is 30.2 Å². The summed E-state index contributed by atoms with van der Waals surface area (Å²) in [7, 11) is 0. The van der Waals surface area contributed by atoms with Crippen LogP contribution in [0, 0.1) is 13.8 Å². The zero-order valence-corrected chi connectivity index (χ0v) is 18.9. The summed E-state index contributed by atoms with van der Waals surface area (Å²) in [5.41, 5.74) is 1.92. The van der Waals surface area contributed by atoms with Crippen LogP contribution in [0.2, 0.25) is 0 Å². The molecule has 0 spiro atoms. The van der Waals surface area contributed by atoms with E-state index in [2.05, 4.69) is 29.6 Å². The highest BCUT2D eigenvalue weighted by molar-refractivity contribution is 7.98. The van der Waals surface area contributed by atoms with Crippen LogP contribution in [0.5, 0.6) is 0 Å². The molecule has 0 atom stereocenters. The number of benzene rings is 1. The highest BCUT2D eigenvalue weighted by atomic mass is 32.2. The zero-order valence-electron chi connectivity index (χ0n) is 17.3. The Morgan fingerprint density at radius 3 is 2.71 bits per heavy atom. The van der Waals surface area contributed by atoms with Crippen LogP contribution in [0.1, 0.15) is 16.3 Å². The number of aromatic amines is 1. The van der Waals surface area contributed by atoms with Gasteiger partial charge in [-0.3, -0.25) is 9.36 Å². The lowest BCUT2D eigenvalue weighted by atomic mass is 10.2. The maximum absolute atomic E-state index is 12.6. The molecular formula is C21H22N6O2S2. The molecule has 1 fully saturated rings. The first-order valence-corrected chi connectivity index (χ1v) is 11.9. The number of thiophene rings is 1. The van der Waals surface area contributed by atoms with Crippen molar-refractivity contribution in [3.63, 3.8) is 0 Å². The molecule has 3 aromatic heterocycles. The Labute approximate surface area is 187 Å². The summed E-state index contributed by atoms with van der Waals surface area (Å²) in [6, 6.07) is 10.1. The number of ether oxygens (including phenoxy) is 1. The van der Waals surface area contributed by atoms with E-state index in [1.165, 1.54) is 11.8 Å². The van der Waals surface area contributed by atoms with E-state index >= 15 is 0 Å². The number of aromatic nitrogens is 5. The third-order valence-electron chi connectivity index (χ3n) is 5.35. The number of fused-ring (bicyclic) bond motifs is 1. The van der Waals surface area contributed by atoms with Crippen LogP contribution in [0.4, 0.5) is 5.95 Å². The molecule has 5 rings (SSSR count). The number of rotatable bonds is 5. The highest BCUT2D eigenvalue weighted by Gasteiger charge is 2.22. The van der Waals surface area contributed by atoms with Crippen molar-refractivity contribution in [1.29, 1.82) is 0 Å². The second-order valence-electron chi connectivity index (χ2n) is 7.32. The first-order valence-electron chi connectivity index (χ1n) is 10.1. The van der Waals surface area contributed by atoms with Crippen LogP contribution in [0.15, 0.2) is 40.3 Å². The summed E-state index contributed by atoms with van der Waals surface area (Å²) in [5.74, 6) is 1.94. The van der Waals surface area contributed by atoms with E-state index < -0.39 is 0 Å². The minimum absolute atomic E-state index is 0.0824. The summed E-state index contributed by atoms with van der Waals surface area (Å²) in [6.45, 7) is 6.89. The first kappa shape index (κ1) is 20.2. The fraction of sp³-hybridized carbons (Fsp3) is 0.333. The molecule has 31 heavy (non-hydrogen) atoms. The number of para-hydroxylation sites is 1. The lowest BCUT2D eigenvalue weighted by Crippen LogP contribution is -2.37. The topological polar surface area (TPSA) is 88.9 Å². The molecule has 4 aromatic rings. The Bertz CT molecular complexity index is 1270. The van der Waals surface area contributed by atoms with Crippen LogP contribution in [0.3, 0.4) is 0 Å². The van der Waals surface area contributed by atoms with Crippen molar-refractivity contribution in [1.82, 2.24) is 24.7 Å². The monoisotopic (exact) mass is 454 g/mol. The Hall–Kier alpha value is -2.69. The van der Waals surface area contributed by atoms with Crippen molar-refractivity contribution in [2.75, 3.05) is 31.2 Å². The van der Waals surface area contributed by atoms with Gasteiger partial charge in [-0.1, -0.05) is 30.0 Å². The van der Waals surface area contributed by atoms with Gasteiger partial charge in [-0.25, -0.2) is 4.98 Å². The Balaban J connectivity index is 1.47. The molecule has 1 aromatic carbocycles. The number of morpholine rings is 1. The fourth-order valence-corrected chi connectivity index (χ4v) is 5.49. The van der Waals surface area contributed by atoms with Crippen LogP contribution < -0.4 is 10.5 Å². The largest absolute Gasteiger partial charge is 0.378 e. The number of nitrogens with one attached hydrogen (secondary N) is 1.